The Morgan fingerprint density at radius 3 is 1.55 bits per heavy atom. The van der Waals surface area contributed by atoms with Gasteiger partial charge in [-0.05, 0) is 26.0 Å². The fraction of sp³-hybridized carbons (Fsp3) is 1.00. The first-order valence-corrected chi connectivity index (χ1v) is 10.4. The van der Waals surface area contributed by atoms with Crippen molar-refractivity contribution in [1.82, 2.24) is 0 Å². The quantitative estimate of drug-likeness (QED) is 0.476. The van der Waals surface area contributed by atoms with Crippen molar-refractivity contribution in [2.24, 2.45) is 4.41 Å². The SMILES string of the molecule is CCP(C)(CC)=N[Si](C)(C)C. The van der Waals surface area contributed by atoms with Crippen molar-refractivity contribution in [2.75, 3.05) is 19.0 Å². The second-order valence-corrected chi connectivity index (χ2v) is 13.3. The van der Waals surface area contributed by atoms with Gasteiger partial charge in [-0.2, -0.15) is 0 Å². The van der Waals surface area contributed by atoms with Gasteiger partial charge < -0.3 is 4.41 Å². The van der Waals surface area contributed by atoms with Crippen LogP contribution in [0.4, 0.5) is 0 Å². The molecule has 1 nitrogen and oxygen atoms in total. The van der Waals surface area contributed by atoms with E-state index in [0.29, 0.717) is 0 Å². The van der Waals surface area contributed by atoms with Gasteiger partial charge in [0.1, 0.15) is 0 Å². The van der Waals surface area contributed by atoms with Crippen molar-refractivity contribution < 1.29 is 0 Å². The minimum absolute atomic E-state index is 0.866. The number of hydrogen-bond donors (Lipinski definition) is 0. The normalized spacial score (nSPS) is 13.3. The maximum atomic E-state index is 5.03. The van der Waals surface area contributed by atoms with E-state index in [1.807, 2.05) is 0 Å². The molecule has 68 valence electrons. The van der Waals surface area contributed by atoms with Crippen LogP contribution in [0.3, 0.4) is 0 Å². The summed E-state index contributed by atoms with van der Waals surface area (Å²) in [6, 6.07) is 0. The van der Waals surface area contributed by atoms with Gasteiger partial charge in [-0.15, -0.1) is 0 Å². The molecule has 0 aromatic rings. The summed E-state index contributed by atoms with van der Waals surface area (Å²) in [7, 11) is -2.03. The van der Waals surface area contributed by atoms with Gasteiger partial charge in [-0.1, -0.05) is 33.5 Å². The molecule has 0 atom stereocenters. The maximum Gasteiger partial charge on any atom is 0.170 e. The third kappa shape index (κ3) is 4.81. The molecule has 0 heterocycles. The van der Waals surface area contributed by atoms with Crippen LogP contribution >= 0.6 is 7.05 Å². The van der Waals surface area contributed by atoms with Gasteiger partial charge >= 0.3 is 0 Å². The molecule has 0 bridgehead atoms. The molecule has 0 aromatic heterocycles. The summed E-state index contributed by atoms with van der Waals surface area (Å²) < 4.78 is 5.03. The topological polar surface area (TPSA) is 12.4 Å². The van der Waals surface area contributed by atoms with E-state index >= 15 is 0 Å². The Morgan fingerprint density at radius 1 is 1.09 bits per heavy atom. The average Bonchev–Trinajstić information content (AvgIpc) is 1.84. The van der Waals surface area contributed by atoms with Crippen LogP contribution < -0.4 is 0 Å². The highest BCUT2D eigenvalue weighted by Crippen LogP contribution is 2.46. The van der Waals surface area contributed by atoms with E-state index in [9.17, 15) is 0 Å². The predicted molar refractivity (Wildman–Crippen MR) is 59.7 cm³/mol. The van der Waals surface area contributed by atoms with Crippen molar-refractivity contribution in [2.45, 2.75) is 33.5 Å². The molecule has 0 saturated heterocycles. The van der Waals surface area contributed by atoms with E-state index in [1.54, 1.807) is 0 Å². The van der Waals surface area contributed by atoms with Crippen LogP contribution in [0, 0.1) is 0 Å². The van der Waals surface area contributed by atoms with Crippen LogP contribution in [0.1, 0.15) is 13.8 Å². The lowest BCUT2D eigenvalue weighted by Gasteiger charge is -2.22. The zero-order chi connectivity index (χ0) is 9.12. The molecular formula is C8H22NPSi. The molecule has 0 aliphatic carbocycles. The van der Waals surface area contributed by atoms with Gasteiger partial charge in [-0.3, -0.25) is 0 Å². The molecule has 11 heavy (non-hydrogen) atoms. The van der Waals surface area contributed by atoms with Crippen molar-refractivity contribution in [3.05, 3.63) is 0 Å². The molecule has 0 aliphatic rings. The van der Waals surface area contributed by atoms with Gasteiger partial charge in [-0.25, -0.2) is 0 Å². The average molecular weight is 191 g/mol. The summed E-state index contributed by atoms with van der Waals surface area (Å²) in [5.41, 5.74) is 0. The predicted octanol–water partition coefficient (Wildman–Crippen LogP) is 3.69. The van der Waals surface area contributed by atoms with Crippen LogP contribution in [-0.2, 0) is 0 Å². The van der Waals surface area contributed by atoms with Crippen LogP contribution in [-0.4, -0.2) is 27.2 Å². The molecule has 0 radical (unpaired) electrons. The molecule has 0 saturated carbocycles. The molecule has 0 aliphatic heterocycles. The Bertz CT molecular complexity index is 161. The smallest absolute Gasteiger partial charge is 0.170 e. The van der Waals surface area contributed by atoms with E-state index in [-0.39, 0.29) is 0 Å². The lowest BCUT2D eigenvalue weighted by atomic mass is 11.0. The first-order valence-electron chi connectivity index (χ1n) is 4.42. The first-order chi connectivity index (χ1) is 4.83. The van der Waals surface area contributed by atoms with Crippen molar-refractivity contribution >= 4 is 15.3 Å². The lowest BCUT2D eigenvalue weighted by molar-refractivity contribution is 1.37. The number of hydrogen-bond acceptors (Lipinski definition) is 1. The fourth-order valence-corrected chi connectivity index (χ4v) is 8.46. The number of rotatable bonds is 3. The molecule has 0 spiro atoms. The zero-order valence-corrected chi connectivity index (χ0v) is 10.7. The van der Waals surface area contributed by atoms with Gasteiger partial charge in [0, 0.05) is 0 Å². The lowest BCUT2D eigenvalue weighted by Crippen LogP contribution is -2.16. The minimum atomic E-state index is -1.16. The monoisotopic (exact) mass is 191 g/mol. The molecular weight excluding hydrogens is 169 g/mol. The van der Waals surface area contributed by atoms with Gasteiger partial charge in [0.05, 0.1) is 0 Å². The van der Waals surface area contributed by atoms with Crippen molar-refractivity contribution in [3.63, 3.8) is 0 Å². The zero-order valence-electron chi connectivity index (χ0n) is 8.81. The second kappa shape index (κ2) is 3.91. The largest absolute Gasteiger partial charge is 0.338 e. The van der Waals surface area contributed by atoms with Crippen molar-refractivity contribution in [1.29, 1.82) is 0 Å². The summed E-state index contributed by atoms with van der Waals surface area (Å²) in [4.78, 5) is 0. The Balaban J connectivity index is 4.61. The molecule has 0 unspecified atom stereocenters. The Labute approximate surface area is 72.7 Å². The number of nitrogens with zero attached hydrogens (tertiary/aromatic N) is 1. The molecule has 0 aromatic carbocycles. The van der Waals surface area contributed by atoms with Gasteiger partial charge in [0.15, 0.2) is 8.24 Å². The van der Waals surface area contributed by atoms with Crippen LogP contribution in [0.15, 0.2) is 4.41 Å². The molecule has 0 amide bonds. The highest BCUT2D eigenvalue weighted by Gasteiger charge is 2.16. The van der Waals surface area contributed by atoms with Crippen LogP contribution in [0.5, 0.6) is 0 Å². The molecule has 0 fully saturated rings. The molecule has 0 rings (SSSR count). The van der Waals surface area contributed by atoms with E-state index < -0.39 is 15.3 Å². The van der Waals surface area contributed by atoms with E-state index in [4.69, 9.17) is 4.41 Å². The van der Waals surface area contributed by atoms with Crippen molar-refractivity contribution in [3.8, 4) is 0 Å². The van der Waals surface area contributed by atoms with Crippen LogP contribution in [0.25, 0.3) is 0 Å². The highest BCUT2D eigenvalue weighted by molar-refractivity contribution is 7.66. The third-order valence-corrected chi connectivity index (χ3v) is 8.96. The Hall–Kier alpha value is 0.447. The molecule has 0 N–H and O–H groups in total. The summed E-state index contributed by atoms with van der Waals surface area (Å²) in [5, 5.41) is 0. The summed E-state index contributed by atoms with van der Waals surface area (Å²) in [6.45, 7) is 13.9. The van der Waals surface area contributed by atoms with Crippen LogP contribution in [0.2, 0.25) is 19.6 Å². The molecule has 3 heteroatoms. The fourth-order valence-electron chi connectivity index (χ4n) is 1.09. The maximum absolute atomic E-state index is 5.03. The summed E-state index contributed by atoms with van der Waals surface area (Å²) >= 11 is 0. The third-order valence-electron chi connectivity index (χ3n) is 1.90. The standard InChI is InChI=1S/C8H22NPSi/c1-7-10(3,8-2)9-11(4,5)6/h7-8H2,1-6H3. The van der Waals surface area contributed by atoms with Gasteiger partial charge in [0.2, 0.25) is 0 Å². The first kappa shape index (κ1) is 11.4. The van der Waals surface area contributed by atoms with E-state index in [0.717, 1.165) is 0 Å². The Kier molecular flexibility index (Phi) is 4.07. The van der Waals surface area contributed by atoms with E-state index in [1.165, 1.54) is 12.3 Å². The summed E-state index contributed by atoms with van der Waals surface area (Å²) in [6.07, 6.45) is 2.57. The van der Waals surface area contributed by atoms with Gasteiger partial charge in [0.25, 0.3) is 0 Å². The van der Waals surface area contributed by atoms with E-state index in [2.05, 4.69) is 40.2 Å². The highest BCUT2D eigenvalue weighted by atomic mass is 31.2. The second-order valence-electron chi connectivity index (χ2n) is 4.24. The summed E-state index contributed by atoms with van der Waals surface area (Å²) in [5.74, 6) is 0. The minimum Gasteiger partial charge on any atom is -0.338 e. The Morgan fingerprint density at radius 2 is 1.45 bits per heavy atom.